The number of allylic oxidation sites excluding steroid dienone is 2. The molecule has 152 valence electrons. The molecule has 1 unspecified atom stereocenters. The van der Waals surface area contributed by atoms with Crippen molar-refractivity contribution in [2.45, 2.75) is 56.4 Å². The Morgan fingerprint density at radius 1 is 1.00 bits per heavy atom. The highest BCUT2D eigenvalue weighted by Gasteiger charge is 2.49. The van der Waals surface area contributed by atoms with E-state index in [0.717, 1.165) is 65.4 Å². The number of nitrogens with zero attached hydrogens (tertiary/aromatic N) is 2. The van der Waals surface area contributed by atoms with Crippen molar-refractivity contribution in [1.82, 2.24) is 9.55 Å². The molecule has 6 rings (SSSR count). The number of halogens is 1. The van der Waals surface area contributed by atoms with Crippen molar-refractivity contribution in [2.75, 3.05) is 5.32 Å². The quantitative estimate of drug-likeness (QED) is 0.514. The molecule has 2 heterocycles. The summed E-state index contributed by atoms with van der Waals surface area (Å²) < 4.78 is 2.35. The number of hydrogen-bond donors (Lipinski definition) is 1. The molecule has 0 bridgehead atoms. The number of Topliss-reactive ketones (excluding diaryl/α,β-unsaturated/α-hetero) is 1. The first kappa shape index (κ1) is 18.2. The molecule has 0 amide bonds. The van der Waals surface area contributed by atoms with Gasteiger partial charge in [0.05, 0.1) is 16.6 Å². The fourth-order valence-corrected chi connectivity index (χ4v) is 6.07. The molecule has 3 aromatic rings. The van der Waals surface area contributed by atoms with E-state index in [9.17, 15) is 4.79 Å². The van der Waals surface area contributed by atoms with Gasteiger partial charge in [0, 0.05) is 22.7 Å². The van der Waals surface area contributed by atoms with Crippen molar-refractivity contribution in [1.29, 1.82) is 0 Å². The monoisotopic (exact) mass is 417 g/mol. The lowest BCUT2D eigenvalue weighted by Gasteiger charge is -2.47. The van der Waals surface area contributed by atoms with Gasteiger partial charge in [0.1, 0.15) is 0 Å². The molecule has 1 atom stereocenters. The van der Waals surface area contributed by atoms with Crippen LogP contribution in [0.15, 0.2) is 59.8 Å². The maximum atomic E-state index is 13.7. The number of benzene rings is 2. The zero-order chi connectivity index (χ0) is 20.3. The number of rotatable bonds is 1. The third-order valence-corrected chi connectivity index (χ3v) is 7.45. The van der Waals surface area contributed by atoms with Crippen LogP contribution in [0, 0.1) is 0 Å². The minimum Gasteiger partial charge on any atom is -0.329 e. The minimum atomic E-state index is -0.258. The number of fused-ring (bicyclic) bond motifs is 5. The number of ketones is 1. The van der Waals surface area contributed by atoms with Crippen LogP contribution < -0.4 is 5.32 Å². The Bertz CT molecular complexity index is 1180. The van der Waals surface area contributed by atoms with Gasteiger partial charge >= 0.3 is 0 Å². The van der Waals surface area contributed by atoms with Crippen molar-refractivity contribution >= 4 is 34.4 Å². The van der Waals surface area contributed by atoms with E-state index in [0.29, 0.717) is 6.42 Å². The van der Waals surface area contributed by atoms with Crippen molar-refractivity contribution in [3.05, 3.63) is 70.4 Å². The van der Waals surface area contributed by atoms with Crippen LogP contribution >= 0.6 is 11.6 Å². The Morgan fingerprint density at radius 3 is 2.57 bits per heavy atom. The van der Waals surface area contributed by atoms with E-state index < -0.39 is 0 Å². The van der Waals surface area contributed by atoms with Crippen LogP contribution in [-0.2, 0) is 10.3 Å². The summed E-state index contributed by atoms with van der Waals surface area (Å²) in [6.07, 6.45) is 6.96. The molecule has 1 spiro atoms. The van der Waals surface area contributed by atoms with E-state index in [1.165, 1.54) is 12.0 Å². The summed E-state index contributed by atoms with van der Waals surface area (Å²) in [5, 5.41) is 4.31. The number of para-hydroxylation sites is 2. The van der Waals surface area contributed by atoms with E-state index in [-0.39, 0.29) is 17.2 Å². The molecule has 1 fully saturated rings. The third kappa shape index (κ3) is 2.59. The second-order valence-electron chi connectivity index (χ2n) is 8.91. The highest BCUT2D eigenvalue weighted by Crippen LogP contribution is 2.52. The Morgan fingerprint density at radius 2 is 1.77 bits per heavy atom. The van der Waals surface area contributed by atoms with Crippen LogP contribution in [-0.4, -0.2) is 15.3 Å². The number of anilines is 1. The lowest BCUT2D eigenvalue weighted by Crippen LogP contribution is -2.47. The number of nitrogens with one attached hydrogen (secondary N) is 1. The van der Waals surface area contributed by atoms with Crippen molar-refractivity contribution in [3.63, 3.8) is 0 Å². The van der Waals surface area contributed by atoms with Crippen LogP contribution in [0.4, 0.5) is 5.95 Å². The maximum absolute atomic E-state index is 13.7. The summed E-state index contributed by atoms with van der Waals surface area (Å²) >= 11 is 6.08. The lowest BCUT2D eigenvalue weighted by molar-refractivity contribution is -0.117. The summed E-state index contributed by atoms with van der Waals surface area (Å²) in [4.78, 5) is 18.6. The first-order chi connectivity index (χ1) is 14.7. The van der Waals surface area contributed by atoms with Gasteiger partial charge in [-0.05, 0) is 55.0 Å². The van der Waals surface area contributed by atoms with Crippen LogP contribution in [0.5, 0.6) is 0 Å². The predicted octanol–water partition coefficient (Wildman–Crippen LogP) is 6.18. The summed E-state index contributed by atoms with van der Waals surface area (Å²) in [5.41, 5.74) is 5.14. The van der Waals surface area contributed by atoms with Crippen LogP contribution in [0.25, 0.3) is 11.0 Å². The van der Waals surface area contributed by atoms with E-state index in [2.05, 4.69) is 40.2 Å². The van der Waals surface area contributed by atoms with Gasteiger partial charge in [0.15, 0.2) is 5.78 Å². The Hall–Kier alpha value is -2.59. The fraction of sp³-hybridized carbons (Fsp3) is 0.360. The number of aromatic nitrogens is 2. The zero-order valence-corrected chi connectivity index (χ0v) is 17.6. The molecule has 1 aliphatic heterocycles. The van der Waals surface area contributed by atoms with Crippen LogP contribution in [0.3, 0.4) is 0 Å². The molecule has 1 aromatic heterocycles. The molecule has 1 N–H and O–H groups in total. The molecule has 0 radical (unpaired) electrons. The summed E-state index contributed by atoms with van der Waals surface area (Å²) in [5.74, 6) is 1.35. The van der Waals surface area contributed by atoms with Gasteiger partial charge in [-0.2, -0.15) is 0 Å². The highest BCUT2D eigenvalue weighted by molar-refractivity contribution is 6.30. The van der Waals surface area contributed by atoms with Crippen LogP contribution in [0.1, 0.15) is 56.4 Å². The molecule has 2 aliphatic carbocycles. The van der Waals surface area contributed by atoms with Gasteiger partial charge in [-0.15, -0.1) is 0 Å². The minimum absolute atomic E-state index is 0.178. The molecule has 1 saturated carbocycles. The van der Waals surface area contributed by atoms with E-state index in [4.69, 9.17) is 16.6 Å². The van der Waals surface area contributed by atoms with Gasteiger partial charge < -0.3 is 5.32 Å². The van der Waals surface area contributed by atoms with Crippen molar-refractivity contribution in [3.8, 4) is 0 Å². The van der Waals surface area contributed by atoms with E-state index >= 15 is 0 Å². The Kier molecular flexibility index (Phi) is 4.07. The summed E-state index contributed by atoms with van der Waals surface area (Å²) in [6.45, 7) is 0. The lowest BCUT2D eigenvalue weighted by atomic mass is 9.68. The van der Waals surface area contributed by atoms with Gasteiger partial charge in [0.2, 0.25) is 5.95 Å². The number of imidazole rings is 1. The largest absolute Gasteiger partial charge is 0.329 e. The number of carbonyl (C=O) groups excluding carboxylic acids is 1. The van der Waals surface area contributed by atoms with Crippen molar-refractivity contribution in [2.24, 2.45) is 0 Å². The molecular formula is C25H24ClN3O. The fourth-order valence-electron chi connectivity index (χ4n) is 5.94. The van der Waals surface area contributed by atoms with Gasteiger partial charge in [0.25, 0.3) is 0 Å². The predicted molar refractivity (Wildman–Crippen MR) is 120 cm³/mol. The standard InChI is InChI=1S/C25H24ClN3O/c26-18-10-8-16(9-11-18)17-14-20-23(22(30)15-17)25(12-4-1-5-13-25)29-21-7-3-2-6-19(21)27-24(29)28-20/h2-3,6-11,17H,1,4-5,12-15H2,(H,27,28). The Balaban J connectivity index is 1.51. The molecule has 3 aliphatic rings. The first-order valence-corrected chi connectivity index (χ1v) is 11.3. The topological polar surface area (TPSA) is 46.9 Å². The first-order valence-electron chi connectivity index (χ1n) is 10.9. The molecule has 30 heavy (non-hydrogen) atoms. The molecule has 4 nitrogen and oxygen atoms in total. The smallest absolute Gasteiger partial charge is 0.208 e. The van der Waals surface area contributed by atoms with Gasteiger partial charge in [-0.3, -0.25) is 9.36 Å². The number of carbonyl (C=O) groups is 1. The molecule has 2 aromatic carbocycles. The average molecular weight is 418 g/mol. The molecule has 5 heteroatoms. The summed E-state index contributed by atoms with van der Waals surface area (Å²) in [7, 11) is 0. The zero-order valence-electron chi connectivity index (χ0n) is 16.8. The second kappa shape index (κ2) is 6.71. The summed E-state index contributed by atoms with van der Waals surface area (Å²) in [6, 6.07) is 16.3. The van der Waals surface area contributed by atoms with Gasteiger partial charge in [-0.1, -0.05) is 55.1 Å². The molecule has 0 saturated heterocycles. The van der Waals surface area contributed by atoms with Crippen LogP contribution in [0.2, 0.25) is 5.02 Å². The van der Waals surface area contributed by atoms with Crippen molar-refractivity contribution < 1.29 is 4.79 Å². The maximum Gasteiger partial charge on any atom is 0.208 e. The Labute approximate surface area is 180 Å². The highest BCUT2D eigenvalue weighted by atomic mass is 35.5. The molecular weight excluding hydrogens is 394 g/mol. The van der Waals surface area contributed by atoms with E-state index in [1.54, 1.807) is 0 Å². The van der Waals surface area contributed by atoms with Gasteiger partial charge in [-0.25, -0.2) is 4.98 Å². The number of hydrogen-bond acceptors (Lipinski definition) is 3. The SMILES string of the molecule is O=C1CC(c2ccc(Cl)cc2)CC2=C1C1(CCCCC1)n1c(nc3ccccc31)N2. The normalized spacial score (nSPS) is 22.7. The second-order valence-corrected chi connectivity index (χ2v) is 9.35. The average Bonchev–Trinajstić information content (AvgIpc) is 3.13. The van der Waals surface area contributed by atoms with E-state index in [1.807, 2.05) is 18.2 Å². The third-order valence-electron chi connectivity index (χ3n) is 7.20.